The fourth-order valence-corrected chi connectivity index (χ4v) is 6.67. The van der Waals surface area contributed by atoms with Gasteiger partial charge in [-0.1, -0.05) is 18.3 Å². The third-order valence-electron chi connectivity index (χ3n) is 3.97. The number of anilines is 1. The number of aliphatic hydroxyl groups is 1. The molecule has 1 aliphatic heterocycles. The summed E-state index contributed by atoms with van der Waals surface area (Å²) in [5.41, 5.74) is 0.989. The van der Waals surface area contributed by atoms with Crippen molar-refractivity contribution in [2.24, 2.45) is 0 Å². The van der Waals surface area contributed by atoms with E-state index >= 15 is 0 Å². The Labute approximate surface area is 133 Å². The molecule has 1 atom stereocenters. The molecule has 5 nitrogen and oxygen atoms in total. The molecule has 0 aromatic carbocycles. The summed E-state index contributed by atoms with van der Waals surface area (Å²) in [4.78, 5) is 7.51. The molecule has 8 heteroatoms. The van der Waals surface area contributed by atoms with Crippen LogP contribution in [0.15, 0.2) is 0 Å². The third kappa shape index (κ3) is 3.09. The van der Waals surface area contributed by atoms with Crippen LogP contribution in [0.1, 0.15) is 36.3 Å². The molecule has 1 aliphatic carbocycles. The Kier molecular flexibility index (Phi) is 4.50. The zero-order valence-corrected chi connectivity index (χ0v) is 14.4. The number of hydrogen-bond donors (Lipinski definition) is 1. The Bertz CT molecular complexity index is 610. The van der Waals surface area contributed by atoms with Crippen molar-refractivity contribution in [3.8, 4) is 0 Å². The Balaban J connectivity index is 1.93. The number of aromatic nitrogens is 1. The molecule has 21 heavy (non-hydrogen) atoms. The summed E-state index contributed by atoms with van der Waals surface area (Å²) in [6.07, 6.45) is 2.26. The second-order valence-corrected chi connectivity index (χ2v) is 10.1. The average Bonchev–Trinajstić information content (AvgIpc) is 3.26. The van der Waals surface area contributed by atoms with Crippen LogP contribution < -0.4 is 4.90 Å². The molecule has 0 radical (unpaired) electrons. The molecule has 1 N–H and O–H groups in total. The second-order valence-electron chi connectivity index (χ2n) is 5.41. The van der Waals surface area contributed by atoms with Crippen LogP contribution in [-0.4, -0.2) is 47.7 Å². The summed E-state index contributed by atoms with van der Waals surface area (Å²) >= 11 is 3.14. The van der Waals surface area contributed by atoms with Gasteiger partial charge in [-0.15, -0.1) is 0 Å². The van der Waals surface area contributed by atoms with Crippen molar-refractivity contribution in [1.29, 1.82) is 0 Å². The topological polar surface area (TPSA) is 70.5 Å². The van der Waals surface area contributed by atoms with Crippen LogP contribution in [0.5, 0.6) is 0 Å². The molecular formula is C13H20N2O3S3. The van der Waals surface area contributed by atoms with Gasteiger partial charge < -0.3 is 10.0 Å². The van der Waals surface area contributed by atoms with E-state index in [1.165, 1.54) is 11.3 Å². The lowest BCUT2D eigenvalue weighted by atomic mass is 10.2. The highest BCUT2D eigenvalue weighted by Crippen LogP contribution is 2.44. The van der Waals surface area contributed by atoms with Crippen molar-refractivity contribution in [2.45, 2.75) is 37.7 Å². The minimum Gasteiger partial charge on any atom is -0.391 e. The van der Waals surface area contributed by atoms with Gasteiger partial charge in [0.15, 0.2) is 15.0 Å². The minimum atomic E-state index is -3.12. The van der Waals surface area contributed by atoms with Gasteiger partial charge in [-0.05, 0) is 12.8 Å². The number of sulfone groups is 1. The van der Waals surface area contributed by atoms with Crippen molar-refractivity contribution in [3.63, 3.8) is 0 Å². The molecule has 2 heterocycles. The largest absolute Gasteiger partial charge is 0.391 e. The second kappa shape index (κ2) is 6.06. The van der Waals surface area contributed by atoms with Gasteiger partial charge in [-0.2, -0.15) is 11.8 Å². The first-order valence-electron chi connectivity index (χ1n) is 7.23. The highest BCUT2D eigenvalue weighted by molar-refractivity contribution is 8.01. The lowest BCUT2D eigenvalue weighted by Gasteiger charge is -2.34. The first kappa shape index (κ1) is 15.6. The van der Waals surface area contributed by atoms with Gasteiger partial charge in [0, 0.05) is 29.7 Å². The van der Waals surface area contributed by atoms with E-state index in [0.29, 0.717) is 18.2 Å². The first-order chi connectivity index (χ1) is 10.1. The lowest BCUT2D eigenvalue weighted by Crippen LogP contribution is -2.48. The smallest absolute Gasteiger partial charge is 0.187 e. The molecule has 1 aromatic heterocycles. The zero-order chi connectivity index (χ0) is 15.0. The van der Waals surface area contributed by atoms with Crippen molar-refractivity contribution in [1.82, 2.24) is 4.98 Å². The van der Waals surface area contributed by atoms with E-state index in [1.54, 1.807) is 18.7 Å². The Morgan fingerprint density at radius 2 is 2.19 bits per heavy atom. The summed E-state index contributed by atoms with van der Waals surface area (Å²) in [7, 11) is -3.12. The van der Waals surface area contributed by atoms with Crippen LogP contribution in [0.25, 0.3) is 0 Å². The molecule has 1 saturated carbocycles. The molecule has 1 saturated heterocycles. The van der Waals surface area contributed by atoms with Gasteiger partial charge in [-0.3, -0.25) is 0 Å². The van der Waals surface area contributed by atoms with Gasteiger partial charge in [0.25, 0.3) is 0 Å². The number of rotatable bonds is 5. The van der Waals surface area contributed by atoms with Gasteiger partial charge >= 0.3 is 0 Å². The van der Waals surface area contributed by atoms with Gasteiger partial charge in [0.1, 0.15) is 5.37 Å². The van der Waals surface area contributed by atoms with E-state index in [2.05, 4.69) is 4.98 Å². The van der Waals surface area contributed by atoms with E-state index < -0.39 is 15.2 Å². The van der Waals surface area contributed by atoms with E-state index in [-0.39, 0.29) is 12.4 Å². The predicted octanol–water partition coefficient (Wildman–Crippen LogP) is 1.83. The summed E-state index contributed by atoms with van der Waals surface area (Å²) < 4.78 is 24.6. The first-order valence-corrected chi connectivity index (χ1v) is 10.9. The maximum absolute atomic E-state index is 12.3. The zero-order valence-electron chi connectivity index (χ0n) is 12.0. The molecule has 2 aliphatic rings. The number of thiazole rings is 1. The summed E-state index contributed by atoms with van der Waals surface area (Å²) in [6, 6.07) is 0. The average molecular weight is 349 g/mol. The molecule has 0 amide bonds. The molecular weight excluding hydrogens is 328 g/mol. The Morgan fingerprint density at radius 1 is 1.43 bits per heavy atom. The summed E-state index contributed by atoms with van der Waals surface area (Å²) in [5, 5.41) is 9.79. The van der Waals surface area contributed by atoms with Crippen molar-refractivity contribution in [2.75, 3.05) is 28.7 Å². The van der Waals surface area contributed by atoms with E-state index in [1.807, 2.05) is 4.90 Å². The predicted molar refractivity (Wildman–Crippen MR) is 87.9 cm³/mol. The van der Waals surface area contributed by atoms with Crippen LogP contribution in [0.2, 0.25) is 0 Å². The molecule has 118 valence electrons. The Hall–Kier alpha value is -0.310. The van der Waals surface area contributed by atoms with Crippen molar-refractivity contribution < 1.29 is 13.5 Å². The molecule has 1 unspecified atom stereocenters. The molecule has 3 rings (SSSR count). The van der Waals surface area contributed by atoms with Crippen molar-refractivity contribution >= 4 is 38.1 Å². The molecule has 2 fully saturated rings. The molecule has 0 bridgehead atoms. The van der Waals surface area contributed by atoms with Crippen LogP contribution in [-0.2, 0) is 16.4 Å². The van der Waals surface area contributed by atoms with Crippen LogP contribution >= 0.6 is 23.1 Å². The minimum absolute atomic E-state index is 0.00269. The van der Waals surface area contributed by atoms with Crippen molar-refractivity contribution in [3.05, 3.63) is 10.6 Å². The summed E-state index contributed by atoms with van der Waals surface area (Å²) in [5.74, 6) is 2.14. The Morgan fingerprint density at radius 3 is 2.81 bits per heavy atom. The van der Waals surface area contributed by atoms with E-state index in [9.17, 15) is 13.5 Å². The fraction of sp³-hybridized carbons (Fsp3) is 0.769. The third-order valence-corrected chi connectivity index (χ3v) is 8.35. The maximum Gasteiger partial charge on any atom is 0.187 e. The standard InChI is InChI=1S/C13H20N2O3S3/c1-2-21(17,18)11-8-19-6-5-15(11)13-14-12(9-3-4-9)10(7-16)20-13/h9,11,16H,2-8H2,1H3. The maximum atomic E-state index is 12.3. The highest BCUT2D eigenvalue weighted by atomic mass is 32.2. The van der Waals surface area contributed by atoms with Gasteiger partial charge in [-0.25, -0.2) is 13.4 Å². The lowest BCUT2D eigenvalue weighted by molar-refractivity contribution is 0.284. The van der Waals surface area contributed by atoms with E-state index in [0.717, 1.165) is 34.3 Å². The number of aliphatic hydroxyl groups excluding tert-OH is 1. The van der Waals surface area contributed by atoms with Gasteiger partial charge in [0.05, 0.1) is 17.2 Å². The van der Waals surface area contributed by atoms with Gasteiger partial charge in [0.2, 0.25) is 0 Å². The number of thioether (sulfide) groups is 1. The number of nitrogens with zero attached hydrogens (tertiary/aromatic N) is 2. The quantitative estimate of drug-likeness (QED) is 0.875. The SMILES string of the molecule is CCS(=O)(=O)C1CSCCN1c1nc(C2CC2)c(CO)s1. The van der Waals surface area contributed by atoms with Crippen LogP contribution in [0, 0.1) is 0 Å². The number of hydrogen-bond acceptors (Lipinski definition) is 7. The molecule has 1 aromatic rings. The van der Waals surface area contributed by atoms with Crippen LogP contribution in [0.3, 0.4) is 0 Å². The highest BCUT2D eigenvalue weighted by Gasteiger charge is 2.36. The fourth-order valence-electron chi connectivity index (χ4n) is 2.55. The summed E-state index contributed by atoms with van der Waals surface area (Å²) in [6.45, 7) is 2.40. The monoisotopic (exact) mass is 348 g/mol. The van der Waals surface area contributed by atoms with Crippen LogP contribution in [0.4, 0.5) is 5.13 Å². The van der Waals surface area contributed by atoms with E-state index in [4.69, 9.17) is 0 Å². The normalized spacial score (nSPS) is 23.5. The molecule has 0 spiro atoms.